The summed E-state index contributed by atoms with van der Waals surface area (Å²) < 4.78 is 0. The lowest BCUT2D eigenvalue weighted by Gasteiger charge is -2.18. The van der Waals surface area contributed by atoms with Gasteiger partial charge in [0.2, 0.25) is 5.82 Å². The van der Waals surface area contributed by atoms with Gasteiger partial charge in [-0.25, -0.2) is 4.98 Å². The summed E-state index contributed by atoms with van der Waals surface area (Å²) in [6.45, 7) is 5.61. The Morgan fingerprint density at radius 2 is 2.11 bits per heavy atom. The Labute approximate surface area is 114 Å². The smallest absolute Gasteiger partial charge is 0.311 e. The molecule has 0 amide bonds. The Bertz CT molecular complexity index is 423. The molecule has 1 aromatic heterocycles. The van der Waals surface area contributed by atoms with Gasteiger partial charge in [-0.3, -0.25) is 10.1 Å². The molecule has 6 nitrogen and oxygen atoms in total. The monoisotopic (exact) mass is 266 g/mol. The molecule has 1 rings (SSSR count). The van der Waals surface area contributed by atoms with Crippen LogP contribution in [-0.4, -0.2) is 30.0 Å². The number of rotatable bonds is 8. The van der Waals surface area contributed by atoms with Crippen molar-refractivity contribution in [1.82, 2.24) is 4.98 Å². The molecule has 1 N–H and O–H groups in total. The quantitative estimate of drug-likeness (QED) is 0.445. The van der Waals surface area contributed by atoms with Crippen LogP contribution >= 0.6 is 0 Å². The maximum atomic E-state index is 11.0. The van der Waals surface area contributed by atoms with Crippen LogP contribution in [-0.2, 0) is 0 Å². The van der Waals surface area contributed by atoms with E-state index in [0.717, 1.165) is 32.4 Å². The molecule has 1 heterocycles. The highest BCUT2D eigenvalue weighted by molar-refractivity contribution is 5.61. The molecule has 0 unspecified atom stereocenters. The van der Waals surface area contributed by atoms with Gasteiger partial charge in [-0.15, -0.1) is 0 Å². The van der Waals surface area contributed by atoms with Crippen LogP contribution in [0.15, 0.2) is 12.1 Å². The van der Waals surface area contributed by atoms with E-state index in [1.807, 2.05) is 18.9 Å². The molecule has 0 radical (unpaired) electrons. The van der Waals surface area contributed by atoms with Gasteiger partial charge in [0.1, 0.15) is 5.82 Å². The fourth-order valence-corrected chi connectivity index (χ4v) is 1.85. The van der Waals surface area contributed by atoms with Crippen LogP contribution in [0.5, 0.6) is 0 Å². The average molecular weight is 266 g/mol. The zero-order chi connectivity index (χ0) is 14.3. The number of aromatic nitrogens is 1. The Kier molecular flexibility index (Phi) is 6.05. The third-order valence-electron chi connectivity index (χ3n) is 2.87. The second-order valence-electron chi connectivity index (χ2n) is 4.46. The molecule has 106 valence electrons. The van der Waals surface area contributed by atoms with Crippen molar-refractivity contribution in [3.05, 3.63) is 22.2 Å². The molecular weight excluding hydrogens is 244 g/mol. The highest BCUT2D eigenvalue weighted by atomic mass is 16.6. The molecule has 0 aliphatic carbocycles. The third-order valence-corrected chi connectivity index (χ3v) is 2.87. The van der Waals surface area contributed by atoms with E-state index in [4.69, 9.17) is 0 Å². The second-order valence-corrected chi connectivity index (χ2v) is 4.46. The number of nitro groups is 1. The molecule has 0 aromatic carbocycles. The van der Waals surface area contributed by atoms with Gasteiger partial charge in [0.15, 0.2) is 0 Å². The van der Waals surface area contributed by atoms with Crippen LogP contribution in [0.1, 0.15) is 33.1 Å². The lowest BCUT2D eigenvalue weighted by molar-refractivity contribution is -0.384. The number of hydrogen-bond acceptors (Lipinski definition) is 5. The van der Waals surface area contributed by atoms with E-state index < -0.39 is 0 Å². The predicted molar refractivity (Wildman–Crippen MR) is 77.9 cm³/mol. The summed E-state index contributed by atoms with van der Waals surface area (Å²) >= 11 is 0. The number of nitrogens with zero attached hydrogens (tertiary/aromatic N) is 3. The third kappa shape index (κ3) is 4.39. The Morgan fingerprint density at radius 3 is 2.68 bits per heavy atom. The van der Waals surface area contributed by atoms with Crippen LogP contribution < -0.4 is 10.2 Å². The van der Waals surface area contributed by atoms with E-state index in [1.165, 1.54) is 6.07 Å². The number of anilines is 2. The molecule has 0 aliphatic heterocycles. The molecule has 6 heteroatoms. The lowest BCUT2D eigenvalue weighted by atomic mass is 10.2. The second kappa shape index (κ2) is 7.56. The highest BCUT2D eigenvalue weighted by Gasteiger charge is 2.19. The fraction of sp³-hybridized carbons (Fsp3) is 0.615. The predicted octanol–water partition coefficient (Wildman–Crippen LogP) is 3.05. The molecule has 0 spiro atoms. The van der Waals surface area contributed by atoms with Crippen molar-refractivity contribution in [2.45, 2.75) is 33.1 Å². The normalized spacial score (nSPS) is 10.3. The van der Waals surface area contributed by atoms with Crippen molar-refractivity contribution >= 4 is 17.3 Å². The first-order chi connectivity index (χ1) is 9.10. The van der Waals surface area contributed by atoms with E-state index >= 15 is 0 Å². The zero-order valence-electron chi connectivity index (χ0n) is 11.8. The van der Waals surface area contributed by atoms with Gasteiger partial charge in [0, 0.05) is 26.2 Å². The summed E-state index contributed by atoms with van der Waals surface area (Å²) in [6.07, 6.45) is 3.25. The van der Waals surface area contributed by atoms with Gasteiger partial charge >= 0.3 is 5.69 Å². The summed E-state index contributed by atoms with van der Waals surface area (Å²) in [7, 11) is 1.85. The first-order valence-corrected chi connectivity index (χ1v) is 6.70. The van der Waals surface area contributed by atoms with Gasteiger partial charge < -0.3 is 10.2 Å². The molecule has 1 aromatic rings. The van der Waals surface area contributed by atoms with Gasteiger partial charge in [0.05, 0.1) is 4.92 Å². The minimum Gasteiger partial charge on any atom is -0.370 e. The van der Waals surface area contributed by atoms with Crippen molar-refractivity contribution < 1.29 is 4.92 Å². The minimum absolute atomic E-state index is 0.0562. The first-order valence-electron chi connectivity index (χ1n) is 6.70. The molecular formula is C13H22N4O2. The van der Waals surface area contributed by atoms with Crippen molar-refractivity contribution in [3.63, 3.8) is 0 Å². The first kappa shape index (κ1) is 15.2. The Hall–Kier alpha value is -1.85. The van der Waals surface area contributed by atoms with Crippen molar-refractivity contribution in [1.29, 1.82) is 0 Å². The molecule has 19 heavy (non-hydrogen) atoms. The standard InChI is InChI=1S/C13H22N4O2/c1-4-6-7-10-16(3)13-11(17(18)19)8-9-12(15-13)14-5-2/h8-9H,4-7,10H2,1-3H3,(H,14,15). The maximum absolute atomic E-state index is 11.0. The van der Waals surface area contributed by atoms with Gasteiger partial charge in [-0.2, -0.15) is 0 Å². The maximum Gasteiger partial charge on any atom is 0.311 e. The zero-order valence-corrected chi connectivity index (χ0v) is 11.8. The van der Waals surface area contributed by atoms with E-state index in [1.54, 1.807) is 6.07 Å². The Morgan fingerprint density at radius 1 is 1.37 bits per heavy atom. The molecule has 0 saturated carbocycles. The topological polar surface area (TPSA) is 71.3 Å². The van der Waals surface area contributed by atoms with E-state index in [2.05, 4.69) is 17.2 Å². The summed E-state index contributed by atoms with van der Waals surface area (Å²) in [6, 6.07) is 3.15. The van der Waals surface area contributed by atoms with Crippen molar-refractivity contribution in [2.24, 2.45) is 0 Å². The molecule has 0 aliphatic rings. The summed E-state index contributed by atoms with van der Waals surface area (Å²) in [5, 5.41) is 14.1. The van der Waals surface area contributed by atoms with Crippen molar-refractivity contribution in [3.8, 4) is 0 Å². The minimum atomic E-state index is -0.381. The van der Waals surface area contributed by atoms with Crippen LogP contribution in [0.25, 0.3) is 0 Å². The van der Waals surface area contributed by atoms with Crippen LogP contribution in [0.3, 0.4) is 0 Å². The largest absolute Gasteiger partial charge is 0.370 e. The molecule has 0 atom stereocenters. The van der Waals surface area contributed by atoms with E-state index in [-0.39, 0.29) is 10.6 Å². The van der Waals surface area contributed by atoms with E-state index in [9.17, 15) is 10.1 Å². The number of pyridine rings is 1. The lowest BCUT2D eigenvalue weighted by Crippen LogP contribution is -2.21. The fourth-order valence-electron chi connectivity index (χ4n) is 1.85. The van der Waals surface area contributed by atoms with Crippen LogP contribution in [0.2, 0.25) is 0 Å². The number of unbranched alkanes of at least 4 members (excludes halogenated alkanes) is 2. The van der Waals surface area contributed by atoms with Gasteiger partial charge in [-0.05, 0) is 19.4 Å². The van der Waals surface area contributed by atoms with E-state index in [0.29, 0.717) is 11.6 Å². The molecule has 0 fully saturated rings. The summed E-state index contributed by atoms with van der Waals surface area (Å²) in [4.78, 5) is 16.9. The Balaban J connectivity index is 2.92. The van der Waals surface area contributed by atoms with Crippen molar-refractivity contribution in [2.75, 3.05) is 30.4 Å². The average Bonchev–Trinajstić information content (AvgIpc) is 2.39. The number of nitrogens with one attached hydrogen (secondary N) is 1. The van der Waals surface area contributed by atoms with Crippen LogP contribution in [0.4, 0.5) is 17.3 Å². The van der Waals surface area contributed by atoms with Gasteiger partial charge in [-0.1, -0.05) is 19.8 Å². The molecule has 0 bridgehead atoms. The summed E-state index contributed by atoms with van der Waals surface area (Å²) in [5.74, 6) is 1.10. The highest BCUT2D eigenvalue weighted by Crippen LogP contribution is 2.27. The SMILES string of the molecule is CCCCCN(C)c1nc(NCC)ccc1[N+](=O)[O-]. The number of hydrogen-bond donors (Lipinski definition) is 1. The summed E-state index contributed by atoms with van der Waals surface area (Å²) in [5.41, 5.74) is 0.0562. The van der Waals surface area contributed by atoms with Gasteiger partial charge in [0.25, 0.3) is 0 Å². The van der Waals surface area contributed by atoms with Crippen LogP contribution in [0, 0.1) is 10.1 Å². The molecule has 0 saturated heterocycles.